The van der Waals surface area contributed by atoms with Crippen LogP contribution in [0.3, 0.4) is 0 Å². The molecule has 1 aliphatic rings. The third kappa shape index (κ3) is 5.78. The highest BCUT2D eigenvalue weighted by Crippen LogP contribution is 2.24. The molecule has 32 heavy (non-hydrogen) atoms. The molecule has 1 aliphatic heterocycles. The van der Waals surface area contributed by atoms with E-state index in [2.05, 4.69) is 87.4 Å². The molecule has 0 atom stereocenters. The fraction of sp³-hybridized carbons (Fsp3) is 0.400. The Morgan fingerprint density at radius 3 is 2.59 bits per heavy atom. The Morgan fingerprint density at radius 1 is 1.09 bits per heavy atom. The maximum absolute atomic E-state index is 12.6. The van der Waals surface area contributed by atoms with Crippen molar-refractivity contribution in [1.82, 2.24) is 25.0 Å². The molecule has 1 aromatic heterocycles. The summed E-state index contributed by atoms with van der Waals surface area (Å²) in [6.07, 6.45) is 1.98. The summed E-state index contributed by atoms with van der Waals surface area (Å²) in [5, 5.41) is 12.7. The molecule has 0 saturated carbocycles. The highest BCUT2D eigenvalue weighted by molar-refractivity contribution is 7.99. The minimum absolute atomic E-state index is 0.0688. The number of thioether (sulfide) groups is 1. The van der Waals surface area contributed by atoms with Gasteiger partial charge in [0.1, 0.15) is 0 Å². The second-order valence-electron chi connectivity index (χ2n) is 8.31. The van der Waals surface area contributed by atoms with Crippen molar-refractivity contribution < 1.29 is 4.79 Å². The summed E-state index contributed by atoms with van der Waals surface area (Å²) < 4.78 is 2.08. The molecule has 1 N–H and O–H groups in total. The monoisotopic (exact) mass is 449 g/mol. The molecular formula is C25H31N5OS. The number of aromatic nitrogens is 3. The summed E-state index contributed by atoms with van der Waals surface area (Å²) in [6, 6.07) is 19.1. The van der Waals surface area contributed by atoms with E-state index in [9.17, 15) is 4.79 Å². The first-order valence-corrected chi connectivity index (χ1v) is 12.3. The second kappa shape index (κ2) is 10.8. The summed E-state index contributed by atoms with van der Waals surface area (Å²) in [5.74, 6) is 1.28. The summed E-state index contributed by atoms with van der Waals surface area (Å²) in [7, 11) is 0. The SMILES string of the molecule is CCn1c(SCC(=O)NC2CCN(Cc3ccccc3)CC2)nnc1-c1cccc(C)c1. The van der Waals surface area contributed by atoms with Crippen molar-refractivity contribution in [1.29, 1.82) is 0 Å². The number of likely N-dealkylation sites (tertiary alicyclic amines) is 1. The lowest BCUT2D eigenvalue weighted by atomic mass is 10.0. The van der Waals surface area contributed by atoms with Crippen molar-refractivity contribution in [3.05, 3.63) is 65.7 Å². The van der Waals surface area contributed by atoms with Crippen LogP contribution in [0.2, 0.25) is 0 Å². The number of rotatable bonds is 8. The Hall–Kier alpha value is -2.64. The largest absolute Gasteiger partial charge is 0.353 e. The van der Waals surface area contributed by atoms with Gasteiger partial charge < -0.3 is 9.88 Å². The van der Waals surface area contributed by atoms with E-state index >= 15 is 0 Å². The zero-order valence-electron chi connectivity index (χ0n) is 18.8. The van der Waals surface area contributed by atoms with Gasteiger partial charge in [0.05, 0.1) is 5.75 Å². The van der Waals surface area contributed by atoms with Crippen molar-refractivity contribution in [3.8, 4) is 11.4 Å². The second-order valence-corrected chi connectivity index (χ2v) is 9.25. The molecular weight excluding hydrogens is 418 g/mol. The van der Waals surface area contributed by atoms with Crippen molar-refractivity contribution in [2.75, 3.05) is 18.8 Å². The number of nitrogens with one attached hydrogen (secondary N) is 1. The van der Waals surface area contributed by atoms with Crippen LogP contribution in [0, 0.1) is 6.92 Å². The predicted octanol–water partition coefficient (Wildman–Crippen LogP) is 4.15. The number of benzene rings is 2. The lowest BCUT2D eigenvalue weighted by Crippen LogP contribution is -2.44. The van der Waals surface area contributed by atoms with Crippen LogP contribution < -0.4 is 5.32 Å². The molecule has 168 valence electrons. The number of piperidine rings is 1. The molecule has 1 saturated heterocycles. The smallest absolute Gasteiger partial charge is 0.230 e. The molecule has 7 heteroatoms. The van der Waals surface area contributed by atoms with Gasteiger partial charge in [-0.3, -0.25) is 9.69 Å². The van der Waals surface area contributed by atoms with Crippen LogP contribution in [0.15, 0.2) is 59.8 Å². The van der Waals surface area contributed by atoms with Crippen LogP contribution in [-0.4, -0.2) is 50.5 Å². The molecule has 1 fully saturated rings. The van der Waals surface area contributed by atoms with E-state index in [1.165, 1.54) is 22.9 Å². The predicted molar refractivity (Wildman–Crippen MR) is 129 cm³/mol. The Labute approximate surface area is 194 Å². The third-order valence-electron chi connectivity index (χ3n) is 5.84. The highest BCUT2D eigenvalue weighted by atomic mass is 32.2. The van der Waals surface area contributed by atoms with Gasteiger partial charge in [-0.2, -0.15) is 0 Å². The summed E-state index contributed by atoms with van der Waals surface area (Å²) in [6.45, 7) is 7.92. The zero-order valence-corrected chi connectivity index (χ0v) is 19.6. The van der Waals surface area contributed by atoms with Crippen LogP contribution >= 0.6 is 11.8 Å². The van der Waals surface area contributed by atoms with Gasteiger partial charge in [0, 0.05) is 37.8 Å². The fourth-order valence-corrected chi connectivity index (χ4v) is 4.97. The molecule has 0 aliphatic carbocycles. The van der Waals surface area contributed by atoms with Crippen molar-refractivity contribution >= 4 is 17.7 Å². The maximum Gasteiger partial charge on any atom is 0.230 e. The average Bonchev–Trinajstić information content (AvgIpc) is 3.23. The Morgan fingerprint density at radius 2 is 1.88 bits per heavy atom. The summed E-state index contributed by atoms with van der Waals surface area (Å²) in [5.41, 5.74) is 3.59. The molecule has 0 spiro atoms. The molecule has 4 rings (SSSR count). The van der Waals surface area contributed by atoms with E-state index in [1.54, 1.807) is 0 Å². The number of carbonyl (C=O) groups is 1. The van der Waals surface area contributed by atoms with Gasteiger partial charge in [-0.15, -0.1) is 10.2 Å². The maximum atomic E-state index is 12.6. The van der Waals surface area contributed by atoms with E-state index in [4.69, 9.17) is 0 Å². The molecule has 0 unspecified atom stereocenters. The van der Waals surface area contributed by atoms with Gasteiger partial charge in [0.25, 0.3) is 0 Å². The van der Waals surface area contributed by atoms with Gasteiger partial charge in [-0.1, -0.05) is 65.9 Å². The van der Waals surface area contributed by atoms with Gasteiger partial charge in [-0.05, 0) is 38.3 Å². The van der Waals surface area contributed by atoms with Gasteiger partial charge in [0.15, 0.2) is 11.0 Å². The Kier molecular flexibility index (Phi) is 7.60. The summed E-state index contributed by atoms with van der Waals surface area (Å²) in [4.78, 5) is 15.0. The summed E-state index contributed by atoms with van der Waals surface area (Å²) >= 11 is 1.46. The normalized spacial score (nSPS) is 15.1. The van der Waals surface area contributed by atoms with E-state index < -0.39 is 0 Å². The number of aryl methyl sites for hydroxylation is 1. The molecule has 1 amide bonds. The van der Waals surface area contributed by atoms with Crippen molar-refractivity contribution in [2.24, 2.45) is 0 Å². The quantitative estimate of drug-likeness (QED) is 0.524. The fourth-order valence-electron chi connectivity index (χ4n) is 4.15. The van der Waals surface area contributed by atoms with Crippen molar-refractivity contribution in [2.45, 2.75) is 51.0 Å². The van der Waals surface area contributed by atoms with Crippen LogP contribution in [0.25, 0.3) is 11.4 Å². The van der Waals surface area contributed by atoms with Crippen molar-refractivity contribution in [3.63, 3.8) is 0 Å². The first-order chi connectivity index (χ1) is 15.6. The van der Waals surface area contributed by atoms with Crippen LogP contribution in [0.4, 0.5) is 0 Å². The van der Waals surface area contributed by atoms with Gasteiger partial charge in [0.2, 0.25) is 5.91 Å². The molecule has 0 bridgehead atoms. The molecule has 6 nitrogen and oxygen atoms in total. The first kappa shape index (κ1) is 22.6. The highest BCUT2D eigenvalue weighted by Gasteiger charge is 2.21. The van der Waals surface area contributed by atoms with E-state index in [1.807, 2.05) is 6.07 Å². The Bertz CT molecular complexity index is 1030. The first-order valence-electron chi connectivity index (χ1n) is 11.3. The van der Waals surface area contributed by atoms with E-state index in [0.717, 1.165) is 55.6 Å². The minimum atomic E-state index is 0.0688. The topological polar surface area (TPSA) is 63.1 Å². The average molecular weight is 450 g/mol. The minimum Gasteiger partial charge on any atom is -0.353 e. The number of carbonyl (C=O) groups excluding carboxylic acids is 1. The lowest BCUT2D eigenvalue weighted by Gasteiger charge is -2.32. The Balaban J connectivity index is 1.26. The standard InChI is InChI=1S/C25H31N5OS/c1-3-30-24(21-11-7-8-19(2)16-21)27-28-25(30)32-18-23(31)26-22-12-14-29(15-13-22)17-20-9-5-4-6-10-20/h4-11,16,22H,3,12-15,17-18H2,1-2H3,(H,26,31). The molecule has 2 heterocycles. The molecule has 0 radical (unpaired) electrons. The van der Waals surface area contributed by atoms with E-state index in [0.29, 0.717) is 5.75 Å². The number of hydrogen-bond donors (Lipinski definition) is 1. The lowest BCUT2D eigenvalue weighted by molar-refractivity contribution is -0.119. The zero-order chi connectivity index (χ0) is 22.3. The third-order valence-corrected chi connectivity index (χ3v) is 6.81. The van der Waals surface area contributed by atoms with E-state index in [-0.39, 0.29) is 11.9 Å². The van der Waals surface area contributed by atoms with Crippen LogP contribution in [0.5, 0.6) is 0 Å². The molecule has 3 aromatic rings. The number of hydrogen-bond acceptors (Lipinski definition) is 5. The van der Waals surface area contributed by atoms with Crippen LogP contribution in [0.1, 0.15) is 30.9 Å². The van der Waals surface area contributed by atoms with Crippen LogP contribution in [-0.2, 0) is 17.9 Å². The van der Waals surface area contributed by atoms with Gasteiger partial charge in [-0.25, -0.2) is 0 Å². The number of nitrogens with zero attached hydrogens (tertiary/aromatic N) is 4. The van der Waals surface area contributed by atoms with Gasteiger partial charge >= 0.3 is 0 Å². The number of amides is 1. The molecule has 2 aromatic carbocycles.